The Kier molecular flexibility index (Phi) is 5.45. The average Bonchev–Trinajstić information content (AvgIpc) is 2.73. The van der Waals surface area contributed by atoms with Crippen molar-refractivity contribution < 1.29 is 26.7 Å². The van der Waals surface area contributed by atoms with Gasteiger partial charge < -0.3 is 4.74 Å². The van der Waals surface area contributed by atoms with E-state index in [0.29, 0.717) is 5.56 Å². The molecule has 31 heavy (non-hydrogen) atoms. The van der Waals surface area contributed by atoms with Crippen LogP contribution in [0.2, 0.25) is 0 Å². The molecule has 0 radical (unpaired) electrons. The molecule has 0 bridgehead atoms. The second-order valence-electron chi connectivity index (χ2n) is 7.28. The second kappa shape index (κ2) is 8.07. The van der Waals surface area contributed by atoms with Gasteiger partial charge in [0.05, 0.1) is 0 Å². The van der Waals surface area contributed by atoms with Crippen LogP contribution in [0, 0.1) is 23.5 Å². The molecule has 3 aromatic rings. The van der Waals surface area contributed by atoms with E-state index in [9.17, 15) is 22.0 Å². The Morgan fingerprint density at radius 2 is 1.39 bits per heavy atom. The summed E-state index contributed by atoms with van der Waals surface area (Å²) >= 11 is 0. The fourth-order valence-electron chi connectivity index (χ4n) is 3.74. The van der Waals surface area contributed by atoms with Gasteiger partial charge in [0.25, 0.3) is 0 Å². The molecule has 0 saturated carbocycles. The van der Waals surface area contributed by atoms with Crippen LogP contribution in [0.4, 0.5) is 22.0 Å². The molecule has 4 rings (SSSR count). The van der Waals surface area contributed by atoms with Gasteiger partial charge in [-0.2, -0.15) is 0 Å². The third kappa shape index (κ3) is 4.56. The number of halogens is 5. The minimum absolute atomic E-state index is 0.0836. The highest BCUT2D eigenvalue weighted by atomic mass is 19.4. The van der Waals surface area contributed by atoms with Crippen LogP contribution in [-0.4, -0.2) is 6.36 Å². The Morgan fingerprint density at radius 3 is 2.00 bits per heavy atom. The zero-order valence-electron chi connectivity index (χ0n) is 16.5. The van der Waals surface area contributed by atoms with Crippen molar-refractivity contribution in [1.29, 1.82) is 0 Å². The summed E-state index contributed by atoms with van der Waals surface area (Å²) in [5, 5.41) is 0. The lowest BCUT2D eigenvalue weighted by molar-refractivity contribution is -0.276. The van der Waals surface area contributed by atoms with Gasteiger partial charge in [0.1, 0.15) is 0 Å². The van der Waals surface area contributed by atoms with Crippen LogP contribution in [0.1, 0.15) is 34.7 Å². The SMILES string of the molecule is CCc1ccc2c(c1)CCc1cc(C#Cc3cc(F)c(OC(F)(F)F)c(F)c3)ccc1-2. The van der Waals surface area contributed by atoms with E-state index in [2.05, 4.69) is 41.7 Å². The van der Waals surface area contributed by atoms with Crippen LogP contribution in [-0.2, 0) is 19.3 Å². The van der Waals surface area contributed by atoms with Crippen molar-refractivity contribution in [2.24, 2.45) is 0 Å². The molecule has 1 nitrogen and oxygen atoms in total. The number of rotatable bonds is 2. The standard InChI is InChI=1S/C25H17F5O/c1-2-15-5-9-20-18(11-15)7-8-19-12-16(6-10-21(19)20)3-4-17-13-22(26)24(23(27)14-17)31-25(28,29)30/h5-6,9-14H,2,7-8H2,1H3. The molecule has 0 atom stereocenters. The molecule has 0 fully saturated rings. The van der Waals surface area contributed by atoms with Gasteiger partial charge in [-0.15, -0.1) is 13.2 Å². The molecule has 1 aliphatic carbocycles. The largest absolute Gasteiger partial charge is 0.573 e. The van der Waals surface area contributed by atoms with Gasteiger partial charge in [-0.3, -0.25) is 0 Å². The van der Waals surface area contributed by atoms with Crippen molar-refractivity contribution in [3.63, 3.8) is 0 Å². The van der Waals surface area contributed by atoms with E-state index in [1.54, 1.807) is 0 Å². The first kappa shape index (κ1) is 20.9. The first-order valence-corrected chi connectivity index (χ1v) is 9.75. The molecule has 6 heteroatoms. The summed E-state index contributed by atoms with van der Waals surface area (Å²) in [6.45, 7) is 2.12. The molecule has 3 aromatic carbocycles. The fraction of sp³-hybridized carbons (Fsp3) is 0.200. The second-order valence-corrected chi connectivity index (χ2v) is 7.28. The molecular weight excluding hydrogens is 411 g/mol. The summed E-state index contributed by atoms with van der Waals surface area (Å²) in [6.07, 6.45) is -2.42. The Bertz CT molecular complexity index is 1190. The van der Waals surface area contributed by atoms with Crippen molar-refractivity contribution in [2.75, 3.05) is 0 Å². The average molecular weight is 428 g/mol. The third-order valence-electron chi connectivity index (χ3n) is 5.20. The molecule has 0 amide bonds. The van der Waals surface area contributed by atoms with Crippen LogP contribution in [0.25, 0.3) is 11.1 Å². The third-order valence-corrected chi connectivity index (χ3v) is 5.20. The minimum Gasteiger partial charge on any atom is -0.399 e. The minimum atomic E-state index is -5.19. The van der Waals surface area contributed by atoms with Crippen molar-refractivity contribution in [3.05, 3.63) is 88.0 Å². The van der Waals surface area contributed by atoms with Crippen molar-refractivity contribution in [1.82, 2.24) is 0 Å². The molecule has 0 saturated heterocycles. The highest BCUT2D eigenvalue weighted by molar-refractivity contribution is 5.74. The summed E-state index contributed by atoms with van der Waals surface area (Å²) in [5.74, 6) is 1.02. The molecule has 0 aromatic heterocycles. The molecular formula is C25H17F5O. The van der Waals surface area contributed by atoms with Gasteiger partial charge in [-0.05, 0) is 71.3 Å². The maximum absolute atomic E-state index is 13.9. The summed E-state index contributed by atoms with van der Waals surface area (Å²) in [6, 6.07) is 13.7. The zero-order valence-corrected chi connectivity index (χ0v) is 16.5. The first-order valence-electron chi connectivity index (χ1n) is 9.75. The Labute approximate surface area is 176 Å². The molecule has 1 aliphatic rings. The summed E-state index contributed by atoms with van der Waals surface area (Å²) in [4.78, 5) is 0. The molecule has 0 spiro atoms. The lowest BCUT2D eigenvalue weighted by Crippen LogP contribution is -2.19. The lowest BCUT2D eigenvalue weighted by Gasteiger charge is -2.20. The smallest absolute Gasteiger partial charge is 0.399 e. The van der Waals surface area contributed by atoms with E-state index in [1.807, 2.05) is 18.2 Å². The summed E-state index contributed by atoms with van der Waals surface area (Å²) in [7, 11) is 0. The van der Waals surface area contributed by atoms with E-state index in [1.165, 1.54) is 16.7 Å². The van der Waals surface area contributed by atoms with Crippen molar-refractivity contribution in [3.8, 4) is 28.7 Å². The van der Waals surface area contributed by atoms with E-state index < -0.39 is 23.7 Å². The maximum atomic E-state index is 13.9. The van der Waals surface area contributed by atoms with Gasteiger partial charge in [0.15, 0.2) is 11.6 Å². The van der Waals surface area contributed by atoms with Gasteiger partial charge in [0.2, 0.25) is 5.75 Å². The number of aryl methyl sites for hydroxylation is 3. The molecule has 0 N–H and O–H groups in total. The number of hydrogen-bond acceptors (Lipinski definition) is 1. The topological polar surface area (TPSA) is 9.23 Å². The van der Waals surface area contributed by atoms with Gasteiger partial charge in [-0.1, -0.05) is 43.0 Å². The van der Waals surface area contributed by atoms with E-state index in [-0.39, 0.29) is 5.56 Å². The predicted octanol–water partition coefficient (Wildman–Crippen LogP) is 6.59. The summed E-state index contributed by atoms with van der Waals surface area (Å²) in [5.41, 5.74) is 6.66. The zero-order chi connectivity index (χ0) is 22.2. The Morgan fingerprint density at radius 1 is 0.806 bits per heavy atom. The van der Waals surface area contributed by atoms with Crippen LogP contribution >= 0.6 is 0 Å². The number of benzene rings is 3. The van der Waals surface area contributed by atoms with Crippen LogP contribution < -0.4 is 4.74 Å². The normalized spacial score (nSPS) is 12.5. The van der Waals surface area contributed by atoms with Gasteiger partial charge in [0, 0.05) is 11.1 Å². The predicted molar refractivity (Wildman–Crippen MR) is 108 cm³/mol. The lowest BCUT2D eigenvalue weighted by atomic mass is 9.84. The van der Waals surface area contributed by atoms with Gasteiger partial charge in [-0.25, -0.2) is 8.78 Å². The first-order chi connectivity index (χ1) is 14.7. The van der Waals surface area contributed by atoms with Crippen molar-refractivity contribution in [2.45, 2.75) is 32.5 Å². The highest BCUT2D eigenvalue weighted by Crippen LogP contribution is 2.34. The molecule has 158 valence electrons. The van der Waals surface area contributed by atoms with Gasteiger partial charge >= 0.3 is 6.36 Å². The van der Waals surface area contributed by atoms with Crippen molar-refractivity contribution >= 4 is 0 Å². The number of ether oxygens (including phenoxy) is 1. The van der Waals surface area contributed by atoms with Crippen LogP contribution in [0.5, 0.6) is 5.75 Å². The molecule has 0 heterocycles. The quantitative estimate of drug-likeness (QED) is 0.330. The van der Waals surface area contributed by atoms with E-state index >= 15 is 0 Å². The molecule has 0 aliphatic heterocycles. The van der Waals surface area contributed by atoms with E-state index in [0.717, 1.165) is 42.5 Å². The Balaban J connectivity index is 1.61. The molecule has 0 unspecified atom stereocenters. The van der Waals surface area contributed by atoms with Crippen LogP contribution in [0.15, 0.2) is 48.5 Å². The van der Waals surface area contributed by atoms with E-state index in [4.69, 9.17) is 0 Å². The number of fused-ring (bicyclic) bond motifs is 3. The van der Waals surface area contributed by atoms with Crippen LogP contribution in [0.3, 0.4) is 0 Å². The highest BCUT2D eigenvalue weighted by Gasteiger charge is 2.34. The Hall–Kier alpha value is -3.33. The monoisotopic (exact) mass is 428 g/mol. The fourth-order valence-corrected chi connectivity index (χ4v) is 3.74. The number of hydrogen-bond donors (Lipinski definition) is 0. The number of alkyl halides is 3. The summed E-state index contributed by atoms with van der Waals surface area (Å²) < 4.78 is 67.9. The maximum Gasteiger partial charge on any atom is 0.573 e.